The summed E-state index contributed by atoms with van der Waals surface area (Å²) in [7, 11) is 0. The van der Waals surface area contributed by atoms with Crippen LogP contribution in [0, 0.1) is 5.92 Å². The molecule has 2 aliphatic carbocycles. The van der Waals surface area contributed by atoms with Crippen molar-refractivity contribution in [3.05, 3.63) is 59.2 Å². The Labute approximate surface area is 121 Å². The van der Waals surface area contributed by atoms with Gasteiger partial charge in [-0.3, -0.25) is 0 Å². The van der Waals surface area contributed by atoms with Gasteiger partial charge >= 0.3 is 0 Å². The lowest BCUT2D eigenvalue weighted by Gasteiger charge is -2.28. The van der Waals surface area contributed by atoms with Crippen LogP contribution in [-0.2, 0) is 6.42 Å². The van der Waals surface area contributed by atoms with Crippen molar-refractivity contribution in [2.24, 2.45) is 5.92 Å². The predicted octanol–water partition coefficient (Wildman–Crippen LogP) is 5.55. The SMILES string of the molecule is CC1CCC(c2cccc3c2Cc2ccccc2-3)CC1. The standard InChI is InChI=1S/C20H22/c1-14-9-11-15(12-10-14)17-7-4-8-19-18-6-3-2-5-16(18)13-20(17)19/h2-8,14-15H,9-13H2,1H3. The third-order valence-corrected chi connectivity index (χ3v) is 5.34. The molecule has 1 saturated carbocycles. The van der Waals surface area contributed by atoms with E-state index in [4.69, 9.17) is 0 Å². The third-order valence-electron chi connectivity index (χ3n) is 5.34. The monoisotopic (exact) mass is 262 g/mol. The van der Waals surface area contributed by atoms with Gasteiger partial charge in [-0.05, 0) is 58.9 Å². The van der Waals surface area contributed by atoms with Crippen molar-refractivity contribution in [3.8, 4) is 11.1 Å². The minimum atomic E-state index is 0.801. The van der Waals surface area contributed by atoms with Crippen molar-refractivity contribution in [1.82, 2.24) is 0 Å². The Hall–Kier alpha value is -1.56. The van der Waals surface area contributed by atoms with Crippen LogP contribution < -0.4 is 0 Å². The molecule has 0 saturated heterocycles. The highest BCUT2D eigenvalue weighted by molar-refractivity contribution is 5.78. The van der Waals surface area contributed by atoms with Crippen molar-refractivity contribution >= 4 is 0 Å². The van der Waals surface area contributed by atoms with Gasteiger partial charge in [-0.25, -0.2) is 0 Å². The van der Waals surface area contributed by atoms with Crippen LogP contribution in [0.15, 0.2) is 42.5 Å². The first-order valence-corrected chi connectivity index (χ1v) is 8.03. The summed E-state index contributed by atoms with van der Waals surface area (Å²) < 4.78 is 0. The van der Waals surface area contributed by atoms with Gasteiger partial charge in [-0.1, -0.05) is 62.2 Å². The molecule has 0 nitrogen and oxygen atoms in total. The average Bonchev–Trinajstić information content (AvgIpc) is 2.87. The highest BCUT2D eigenvalue weighted by Gasteiger charge is 2.26. The van der Waals surface area contributed by atoms with Gasteiger partial charge < -0.3 is 0 Å². The number of hydrogen-bond acceptors (Lipinski definition) is 0. The minimum Gasteiger partial charge on any atom is -0.0625 e. The van der Waals surface area contributed by atoms with Crippen LogP contribution >= 0.6 is 0 Å². The zero-order valence-corrected chi connectivity index (χ0v) is 12.2. The van der Waals surface area contributed by atoms with Crippen LogP contribution in [0.2, 0.25) is 0 Å². The fraction of sp³-hybridized carbons (Fsp3) is 0.400. The summed E-state index contributed by atoms with van der Waals surface area (Å²) in [4.78, 5) is 0. The van der Waals surface area contributed by atoms with E-state index in [1.165, 1.54) is 42.4 Å². The summed E-state index contributed by atoms with van der Waals surface area (Å²) in [5, 5.41) is 0. The molecule has 1 fully saturated rings. The molecule has 0 unspecified atom stereocenters. The largest absolute Gasteiger partial charge is 0.0625 e. The maximum absolute atomic E-state index is 2.40. The van der Waals surface area contributed by atoms with Crippen LogP contribution in [0.1, 0.15) is 55.2 Å². The van der Waals surface area contributed by atoms with Gasteiger partial charge in [0.25, 0.3) is 0 Å². The molecule has 0 bridgehead atoms. The van der Waals surface area contributed by atoms with E-state index in [9.17, 15) is 0 Å². The van der Waals surface area contributed by atoms with Crippen molar-refractivity contribution in [2.45, 2.75) is 44.9 Å². The molecule has 2 aliphatic rings. The van der Waals surface area contributed by atoms with Crippen LogP contribution in [0.5, 0.6) is 0 Å². The summed E-state index contributed by atoms with van der Waals surface area (Å²) in [5.41, 5.74) is 7.74. The third kappa shape index (κ3) is 1.90. The molecular weight excluding hydrogens is 240 g/mol. The zero-order chi connectivity index (χ0) is 13.5. The molecular formula is C20H22. The lowest BCUT2D eigenvalue weighted by molar-refractivity contribution is 0.347. The van der Waals surface area contributed by atoms with E-state index in [0.717, 1.165) is 18.3 Å². The van der Waals surface area contributed by atoms with Crippen LogP contribution in [-0.4, -0.2) is 0 Å². The number of hydrogen-bond donors (Lipinski definition) is 0. The van der Waals surface area contributed by atoms with Crippen molar-refractivity contribution < 1.29 is 0 Å². The topological polar surface area (TPSA) is 0 Å². The Bertz CT molecular complexity index is 630. The number of fused-ring (bicyclic) bond motifs is 3. The van der Waals surface area contributed by atoms with Gasteiger partial charge in [0.2, 0.25) is 0 Å². The van der Waals surface area contributed by atoms with E-state index >= 15 is 0 Å². The molecule has 2 aromatic rings. The second-order valence-electron chi connectivity index (χ2n) is 6.66. The van der Waals surface area contributed by atoms with Gasteiger partial charge in [0, 0.05) is 0 Å². The van der Waals surface area contributed by atoms with Gasteiger partial charge in [-0.15, -0.1) is 0 Å². The zero-order valence-electron chi connectivity index (χ0n) is 12.2. The molecule has 0 heteroatoms. The molecule has 0 aromatic heterocycles. The van der Waals surface area contributed by atoms with E-state index in [0.29, 0.717) is 0 Å². The molecule has 4 rings (SSSR count). The lowest BCUT2D eigenvalue weighted by Crippen LogP contribution is -2.12. The Morgan fingerprint density at radius 1 is 0.800 bits per heavy atom. The number of benzene rings is 2. The number of rotatable bonds is 1. The Morgan fingerprint density at radius 3 is 2.40 bits per heavy atom. The molecule has 0 atom stereocenters. The molecule has 0 radical (unpaired) electrons. The summed E-state index contributed by atoms with van der Waals surface area (Å²) in [6, 6.07) is 15.9. The lowest BCUT2D eigenvalue weighted by atomic mass is 9.77. The first kappa shape index (κ1) is 12.2. The van der Waals surface area contributed by atoms with Gasteiger partial charge in [0.05, 0.1) is 0 Å². The van der Waals surface area contributed by atoms with Crippen molar-refractivity contribution in [1.29, 1.82) is 0 Å². The second kappa shape index (κ2) is 4.77. The Balaban J connectivity index is 1.74. The van der Waals surface area contributed by atoms with E-state index < -0.39 is 0 Å². The average molecular weight is 262 g/mol. The van der Waals surface area contributed by atoms with Crippen LogP contribution in [0.25, 0.3) is 11.1 Å². The first-order valence-electron chi connectivity index (χ1n) is 8.03. The molecule has 0 spiro atoms. The summed E-state index contributed by atoms with van der Waals surface area (Å²) in [5.74, 6) is 1.73. The highest BCUT2D eigenvalue weighted by Crippen LogP contribution is 2.44. The smallest absolute Gasteiger partial charge is 0.00106 e. The first-order chi connectivity index (χ1) is 9.83. The second-order valence-corrected chi connectivity index (χ2v) is 6.66. The molecule has 0 amide bonds. The van der Waals surface area contributed by atoms with Crippen LogP contribution in [0.3, 0.4) is 0 Å². The Kier molecular flexibility index (Phi) is 2.91. The molecule has 0 N–H and O–H groups in total. The minimum absolute atomic E-state index is 0.801. The van der Waals surface area contributed by atoms with Crippen molar-refractivity contribution in [3.63, 3.8) is 0 Å². The molecule has 2 aromatic carbocycles. The quantitative estimate of drug-likeness (QED) is 0.539. The van der Waals surface area contributed by atoms with Gasteiger partial charge in [0.1, 0.15) is 0 Å². The molecule has 102 valence electrons. The fourth-order valence-electron chi connectivity index (χ4n) is 4.14. The highest BCUT2D eigenvalue weighted by atomic mass is 14.3. The van der Waals surface area contributed by atoms with Gasteiger partial charge in [0.15, 0.2) is 0 Å². The van der Waals surface area contributed by atoms with Crippen molar-refractivity contribution in [2.75, 3.05) is 0 Å². The fourth-order valence-corrected chi connectivity index (χ4v) is 4.14. The molecule has 0 aliphatic heterocycles. The maximum atomic E-state index is 2.40. The normalized spacial score (nSPS) is 24.2. The van der Waals surface area contributed by atoms with E-state index in [1.807, 2.05) is 0 Å². The van der Waals surface area contributed by atoms with E-state index in [-0.39, 0.29) is 0 Å². The summed E-state index contributed by atoms with van der Waals surface area (Å²) in [6.45, 7) is 2.40. The maximum Gasteiger partial charge on any atom is -0.00106 e. The summed E-state index contributed by atoms with van der Waals surface area (Å²) >= 11 is 0. The van der Waals surface area contributed by atoms with Crippen LogP contribution in [0.4, 0.5) is 0 Å². The van der Waals surface area contributed by atoms with E-state index in [2.05, 4.69) is 49.4 Å². The predicted molar refractivity (Wildman–Crippen MR) is 85.1 cm³/mol. The summed E-state index contributed by atoms with van der Waals surface area (Å²) in [6.07, 6.45) is 6.72. The molecule has 20 heavy (non-hydrogen) atoms. The van der Waals surface area contributed by atoms with E-state index in [1.54, 1.807) is 11.1 Å². The van der Waals surface area contributed by atoms with Gasteiger partial charge in [-0.2, -0.15) is 0 Å². The Morgan fingerprint density at radius 2 is 1.55 bits per heavy atom. The molecule has 0 heterocycles.